The molecule has 0 unspecified atom stereocenters. The molecule has 0 bridgehead atoms. The summed E-state index contributed by atoms with van der Waals surface area (Å²) in [6.45, 7) is 2.30. The van der Waals surface area contributed by atoms with E-state index in [4.69, 9.17) is 14.5 Å². The molecule has 30 heavy (non-hydrogen) atoms. The highest BCUT2D eigenvalue weighted by molar-refractivity contribution is 6.13. The number of aromatic amines is 1. The van der Waals surface area contributed by atoms with Gasteiger partial charge in [0, 0.05) is 34.9 Å². The number of carbonyl (C=O) groups is 1. The lowest BCUT2D eigenvalue weighted by atomic mass is 10.1. The second kappa shape index (κ2) is 8.34. The highest BCUT2D eigenvalue weighted by Crippen LogP contribution is 2.33. The van der Waals surface area contributed by atoms with E-state index >= 15 is 0 Å². The van der Waals surface area contributed by atoms with Crippen LogP contribution >= 0.6 is 12.4 Å². The van der Waals surface area contributed by atoms with Crippen molar-refractivity contribution in [3.05, 3.63) is 60.3 Å². The van der Waals surface area contributed by atoms with Gasteiger partial charge >= 0.3 is 0 Å². The molecule has 1 amide bonds. The highest BCUT2D eigenvalue weighted by atomic mass is 35.5. The number of nitrogens with zero attached hydrogens (tertiary/aromatic N) is 2. The number of methoxy groups -OCH3 is 1. The first-order valence-corrected chi connectivity index (χ1v) is 9.67. The molecular weight excluding hydrogens is 402 g/mol. The molecule has 0 aliphatic carbocycles. The van der Waals surface area contributed by atoms with E-state index in [0.29, 0.717) is 32.0 Å². The summed E-state index contributed by atoms with van der Waals surface area (Å²) in [6, 6.07) is 17.8. The first-order valence-electron chi connectivity index (χ1n) is 9.67. The van der Waals surface area contributed by atoms with E-state index in [1.807, 2.05) is 53.4 Å². The third-order valence-electron chi connectivity index (χ3n) is 5.38. The van der Waals surface area contributed by atoms with Crippen LogP contribution in [-0.2, 0) is 4.74 Å². The third-order valence-corrected chi connectivity index (χ3v) is 5.38. The van der Waals surface area contributed by atoms with Crippen LogP contribution in [0.2, 0.25) is 0 Å². The summed E-state index contributed by atoms with van der Waals surface area (Å²) in [4.78, 5) is 23.2. The second-order valence-corrected chi connectivity index (χ2v) is 7.08. The number of carbonyl (C=O) groups excluding carboxylic acids is 1. The molecule has 2 aromatic carbocycles. The van der Waals surface area contributed by atoms with Gasteiger partial charge in [0.1, 0.15) is 11.4 Å². The molecule has 6 nitrogen and oxygen atoms in total. The summed E-state index contributed by atoms with van der Waals surface area (Å²) in [5.41, 5.74) is 4.09. The van der Waals surface area contributed by atoms with Crippen LogP contribution in [-0.4, -0.2) is 54.2 Å². The van der Waals surface area contributed by atoms with Crippen LogP contribution < -0.4 is 4.74 Å². The molecule has 4 aromatic rings. The first kappa shape index (κ1) is 20.2. The molecule has 5 rings (SSSR count). The van der Waals surface area contributed by atoms with Gasteiger partial charge in [-0.3, -0.25) is 4.79 Å². The number of amides is 1. The summed E-state index contributed by atoms with van der Waals surface area (Å²) in [7, 11) is 1.64. The van der Waals surface area contributed by atoms with Gasteiger partial charge in [-0.15, -0.1) is 12.4 Å². The molecule has 1 aliphatic heterocycles. The van der Waals surface area contributed by atoms with Gasteiger partial charge in [0.2, 0.25) is 0 Å². The standard InChI is InChI=1S/C23H21N3O3.ClH/c1-28-16-8-6-15(7-9-16)21-22-18(17-4-2-3-5-19(17)24-22)14-20(25-21)23(27)26-10-12-29-13-11-26;/h2-9,14,24H,10-13H2,1H3;1H. The van der Waals surface area contributed by atoms with Gasteiger partial charge in [0.05, 0.1) is 31.5 Å². The second-order valence-electron chi connectivity index (χ2n) is 7.08. The van der Waals surface area contributed by atoms with Crippen LogP contribution in [0.25, 0.3) is 33.1 Å². The van der Waals surface area contributed by atoms with Crippen molar-refractivity contribution in [3.63, 3.8) is 0 Å². The van der Waals surface area contributed by atoms with Gasteiger partial charge in [-0.2, -0.15) is 0 Å². The van der Waals surface area contributed by atoms with Gasteiger partial charge in [-0.05, 0) is 36.4 Å². The van der Waals surface area contributed by atoms with Gasteiger partial charge < -0.3 is 19.4 Å². The fourth-order valence-electron chi connectivity index (χ4n) is 3.84. The molecule has 3 heterocycles. The highest BCUT2D eigenvalue weighted by Gasteiger charge is 2.22. The van der Waals surface area contributed by atoms with E-state index in [-0.39, 0.29) is 18.3 Å². The number of rotatable bonds is 3. The summed E-state index contributed by atoms with van der Waals surface area (Å²) in [6.07, 6.45) is 0. The molecule has 0 radical (unpaired) electrons. The van der Waals surface area contributed by atoms with Crippen molar-refractivity contribution >= 4 is 40.1 Å². The monoisotopic (exact) mass is 423 g/mol. The summed E-state index contributed by atoms with van der Waals surface area (Å²) >= 11 is 0. The van der Waals surface area contributed by atoms with Crippen LogP contribution in [0, 0.1) is 0 Å². The van der Waals surface area contributed by atoms with Crippen molar-refractivity contribution in [2.24, 2.45) is 0 Å². The van der Waals surface area contributed by atoms with Crippen LogP contribution in [0.1, 0.15) is 10.5 Å². The zero-order chi connectivity index (χ0) is 19.8. The van der Waals surface area contributed by atoms with E-state index in [1.165, 1.54) is 0 Å². The van der Waals surface area contributed by atoms with E-state index in [9.17, 15) is 4.79 Å². The molecule has 2 aromatic heterocycles. The predicted octanol–water partition coefficient (Wildman–Crippen LogP) is 4.29. The molecule has 1 saturated heterocycles. The molecule has 0 spiro atoms. The maximum atomic E-state index is 13.2. The number of morpholine rings is 1. The zero-order valence-corrected chi connectivity index (χ0v) is 17.4. The van der Waals surface area contributed by atoms with Crippen LogP contribution in [0.15, 0.2) is 54.6 Å². The van der Waals surface area contributed by atoms with Crippen molar-refractivity contribution in [1.29, 1.82) is 0 Å². The van der Waals surface area contributed by atoms with Gasteiger partial charge in [0.25, 0.3) is 5.91 Å². The summed E-state index contributed by atoms with van der Waals surface area (Å²) in [5.74, 6) is 0.720. The largest absolute Gasteiger partial charge is 0.497 e. The maximum absolute atomic E-state index is 13.2. The topological polar surface area (TPSA) is 67.4 Å². The molecule has 154 valence electrons. The van der Waals surface area contributed by atoms with Gasteiger partial charge in [0.15, 0.2) is 0 Å². The van der Waals surface area contributed by atoms with Crippen LogP contribution in [0.3, 0.4) is 0 Å². The quantitative estimate of drug-likeness (QED) is 0.534. The Balaban J connectivity index is 0.00000218. The zero-order valence-electron chi connectivity index (χ0n) is 16.6. The molecular formula is C23H22ClN3O3. The normalized spacial score (nSPS) is 14.0. The Bertz CT molecular complexity index is 1200. The van der Waals surface area contributed by atoms with Crippen molar-refractivity contribution in [2.75, 3.05) is 33.4 Å². The maximum Gasteiger partial charge on any atom is 0.272 e. The number of hydrogen-bond acceptors (Lipinski definition) is 4. The van der Waals surface area contributed by atoms with E-state index in [0.717, 1.165) is 38.8 Å². The Morgan fingerprint density at radius 1 is 1.07 bits per heavy atom. The first-order chi connectivity index (χ1) is 14.2. The number of aromatic nitrogens is 2. The van der Waals surface area contributed by atoms with Crippen LogP contribution in [0.5, 0.6) is 5.75 Å². The van der Waals surface area contributed by atoms with Gasteiger partial charge in [-0.25, -0.2) is 4.98 Å². The number of halogens is 1. The van der Waals surface area contributed by atoms with E-state index in [2.05, 4.69) is 11.1 Å². The number of fused-ring (bicyclic) bond motifs is 3. The lowest BCUT2D eigenvalue weighted by Crippen LogP contribution is -2.41. The number of hydrogen-bond donors (Lipinski definition) is 1. The number of pyridine rings is 1. The number of H-pyrrole nitrogens is 1. The SMILES string of the molecule is COc1ccc(-c2nc(C(=O)N3CCOCC3)cc3c2[nH]c2ccccc23)cc1.Cl. The third kappa shape index (κ3) is 3.49. The fraction of sp³-hybridized carbons (Fsp3) is 0.217. The van der Waals surface area contributed by atoms with E-state index in [1.54, 1.807) is 7.11 Å². The number of benzene rings is 2. The number of para-hydroxylation sites is 1. The Morgan fingerprint density at radius 2 is 1.80 bits per heavy atom. The van der Waals surface area contributed by atoms with Crippen molar-refractivity contribution in [2.45, 2.75) is 0 Å². The predicted molar refractivity (Wildman–Crippen MR) is 120 cm³/mol. The van der Waals surface area contributed by atoms with Gasteiger partial charge in [-0.1, -0.05) is 18.2 Å². The summed E-state index contributed by atoms with van der Waals surface area (Å²) in [5, 5.41) is 2.08. The number of nitrogens with one attached hydrogen (secondary N) is 1. The van der Waals surface area contributed by atoms with Crippen molar-refractivity contribution in [3.8, 4) is 17.0 Å². The lowest BCUT2D eigenvalue weighted by molar-refractivity contribution is 0.0299. The minimum Gasteiger partial charge on any atom is -0.497 e. The number of ether oxygens (including phenoxy) is 2. The lowest BCUT2D eigenvalue weighted by Gasteiger charge is -2.26. The Labute approximate surface area is 180 Å². The minimum absolute atomic E-state index is 0. The Morgan fingerprint density at radius 3 is 2.53 bits per heavy atom. The van der Waals surface area contributed by atoms with Crippen LogP contribution in [0.4, 0.5) is 0 Å². The molecule has 1 aliphatic rings. The average molecular weight is 424 g/mol. The average Bonchev–Trinajstić information content (AvgIpc) is 3.17. The van der Waals surface area contributed by atoms with Crippen molar-refractivity contribution < 1.29 is 14.3 Å². The smallest absolute Gasteiger partial charge is 0.272 e. The summed E-state index contributed by atoms with van der Waals surface area (Å²) < 4.78 is 10.7. The van der Waals surface area contributed by atoms with E-state index < -0.39 is 0 Å². The Kier molecular flexibility index (Phi) is 5.61. The fourth-order valence-corrected chi connectivity index (χ4v) is 3.84. The molecule has 0 saturated carbocycles. The molecule has 0 atom stereocenters. The Hall–Kier alpha value is -3.09. The minimum atomic E-state index is -0.0600. The molecule has 1 fully saturated rings. The molecule has 7 heteroatoms. The molecule has 1 N–H and O–H groups in total. The van der Waals surface area contributed by atoms with Crippen molar-refractivity contribution in [1.82, 2.24) is 14.9 Å².